The van der Waals surface area contributed by atoms with Gasteiger partial charge in [-0.05, 0) is 12.5 Å². The molecule has 20 heavy (non-hydrogen) atoms. The van der Waals surface area contributed by atoms with Gasteiger partial charge in [0.1, 0.15) is 0 Å². The smallest absolute Gasteiger partial charge is 0.226 e. The summed E-state index contributed by atoms with van der Waals surface area (Å²) in [6.45, 7) is 3.53. The summed E-state index contributed by atoms with van der Waals surface area (Å²) in [5.41, 5.74) is 1.40. The number of aryl methyl sites for hydroxylation is 1. The van der Waals surface area contributed by atoms with Crippen LogP contribution in [0.25, 0.3) is 0 Å². The molecule has 1 aromatic carbocycles. The van der Waals surface area contributed by atoms with Crippen LogP contribution in [0.1, 0.15) is 24.0 Å². The van der Waals surface area contributed by atoms with Crippen LogP contribution in [0.5, 0.6) is 0 Å². The second-order valence-electron chi connectivity index (χ2n) is 5.75. The van der Waals surface area contributed by atoms with Gasteiger partial charge in [-0.25, -0.2) is 0 Å². The molecule has 0 aliphatic carbocycles. The standard InChI is InChI=1S/C16H23NO3/c1-13-3-5-14(6-4-13)11-15(18)17(2)12-16(19)7-9-20-10-8-16/h3-6,19H,7-12H2,1-2H3. The number of hydrogen-bond acceptors (Lipinski definition) is 3. The van der Waals surface area contributed by atoms with E-state index >= 15 is 0 Å². The number of aliphatic hydroxyl groups is 1. The molecule has 0 bridgehead atoms. The predicted molar refractivity (Wildman–Crippen MR) is 77.5 cm³/mol. The van der Waals surface area contributed by atoms with Crippen molar-refractivity contribution in [3.63, 3.8) is 0 Å². The number of nitrogens with zero attached hydrogens (tertiary/aromatic N) is 1. The molecular formula is C16H23NO3. The molecule has 0 saturated carbocycles. The van der Waals surface area contributed by atoms with E-state index in [1.54, 1.807) is 11.9 Å². The summed E-state index contributed by atoms with van der Waals surface area (Å²) in [6.07, 6.45) is 1.56. The van der Waals surface area contributed by atoms with Gasteiger partial charge in [-0.2, -0.15) is 0 Å². The minimum Gasteiger partial charge on any atom is -0.388 e. The van der Waals surface area contributed by atoms with Gasteiger partial charge in [0.25, 0.3) is 0 Å². The van der Waals surface area contributed by atoms with Crippen LogP contribution in [0.2, 0.25) is 0 Å². The van der Waals surface area contributed by atoms with E-state index in [2.05, 4.69) is 0 Å². The summed E-state index contributed by atoms with van der Waals surface area (Å²) >= 11 is 0. The van der Waals surface area contributed by atoms with Gasteiger partial charge in [0.05, 0.1) is 12.0 Å². The Kier molecular flexibility index (Phi) is 4.78. The zero-order valence-electron chi connectivity index (χ0n) is 12.3. The molecule has 0 unspecified atom stereocenters. The van der Waals surface area contributed by atoms with Crippen molar-refractivity contribution in [3.05, 3.63) is 35.4 Å². The highest BCUT2D eigenvalue weighted by atomic mass is 16.5. The second kappa shape index (κ2) is 6.37. The first-order chi connectivity index (χ1) is 9.48. The lowest BCUT2D eigenvalue weighted by atomic mass is 9.94. The van der Waals surface area contributed by atoms with E-state index in [9.17, 15) is 9.90 Å². The van der Waals surface area contributed by atoms with Crippen molar-refractivity contribution in [3.8, 4) is 0 Å². The number of rotatable bonds is 4. The molecule has 110 valence electrons. The van der Waals surface area contributed by atoms with E-state index in [4.69, 9.17) is 4.74 Å². The third-order valence-electron chi connectivity index (χ3n) is 3.86. The summed E-state index contributed by atoms with van der Waals surface area (Å²) in [6, 6.07) is 7.97. The average molecular weight is 277 g/mol. The molecular weight excluding hydrogens is 254 g/mol. The van der Waals surface area contributed by atoms with Crippen molar-refractivity contribution in [2.45, 2.75) is 31.8 Å². The van der Waals surface area contributed by atoms with Gasteiger partial charge in [-0.3, -0.25) is 4.79 Å². The number of likely N-dealkylation sites (N-methyl/N-ethyl adjacent to an activating group) is 1. The molecule has 0 spiro atoms. The fourth-order valence-electron chi connectivity index (χ4n) is 2.45. The van der Waals surface area contributed by atoms with Crippen LogP contribution >= 0.6 is 0 Å². The Labute approximate surface area is 120 Å². The van der Waals surface area contributed by atoms with Crippen LogP contribution in [0.15, 0.2) is 24.3 Å². The molecule has 1 aliphatic rings. The molecule has 1 aliphatic heterocycles. The summed E-state index contributed by atoms with van der Waals surface area (Å²) < 4.78 is 5.25. The van der Waals surface area contributed by atoms with Crippen LogP contribution in [0.4, 0.5) is 0 Å². The molecule has 4 heteroatoms. The Morgan fingerprint density at radius 1 is 1.30 bits per heavy atom. The highest BCUT2D eigenvalue weighted by Crippen LogP contribution is 2.21. The highest BCUT2D eigenvalue weighted by Gasteiger charge is 2.32. The molecule has 1 aromatic rings. The van der Waals surface area contributed by atoms with E-state index < -0.39 is 5.60 Å². The molecule has 0 aromatic heterocycles. The molecule has 1 amide bonds. The van der Waals surface area contributed by atoms with Crippen molar-refractivity contribution in [1.82, 2.24) is 4.90 Å². The average Bonchev–Trinajstić information content (AvgIpc) is 2.41. The van der Waals surface area contributed by atoms with E-state index in [1.165, 1.54) is 5.56 Å². The van der Waals surface area contributed by atoms with E-state index in [0.29, 0.717) is 39.0 Å². The van der Waals surface area contributed by atoms with Gasteiger partial charge in [-0.1, -0.05) is 29.8 Å². The fourth-order valence-corrected chi connectivity index (χ4v) is 2.45. The normalized spacial score (nSPS) is 17.8. The maximum Gasteiger partial charge on any atom is 0.226 e. The molecule has 1 saturated heterocycles. The summed E-state index contributed by atoms with van der Waals surface area (Å²) in [7, 11) is 1.75. The maximum absolute atomic E-state index is 12.2. The summed E-state index contributed by atoms with van der Waals surface area (Å²) in [5.74, 6) is 0.0359. The number of carbonyl (C=O) groups is 1. The van der Waals surface area contributed by atoms with Gasteiger partial charge in [-0.15, -0.1) is 0 Å². The van der Waals surface area contributed by atoms with Crippen LogP contribution in [0, 0.1) is 6.92 Å². The molecule has 1 heterocycles. The molecule has 0 radical (unpaired) electrons. The molecule has 4 nitrogen and oxygen atoms in total. The number of amides is 1. The van der Waals surface area contributed by atoms with Crippen molar-refractivity contribution in [1.29, 1.82) is 0 Å². The predicted octanol–water partition coefficient (Wildman–Crippen LogP) is 1.54. The van der Waals surface area contributed by atoms with Crippen molar-refractivity contribution in [2.75, 3.05) is 26.8 Å². The highest BCUT2D eigenvalue weighted by molar-refractivity contribution is 5.78. The first-order valence-electron chi connectivity index (χ1n) is 7.08. The van der Waals surface area contributed by atoms with Crippen molar-refractivity contribution >= 4 is 5.91 Å². The van der Waals surface area contributed by atoms with E-state index in [1.807, 2.05) is 31.2 Å². The van der Waals surface area contributed by atoms with Crippen LogP contribution in [-0.4, -0.2) is 48.3 Å². The Morgan fingerprint density at radius 2 is 1.90 bits per heavy atom. The monoisotopic (exact) mass is 277 g/mol. The molecule has 0 atom stereocenters. The van der Waals surface area contributed by atoms with Gasteiger partial charge in [0, 0.05) is 39.6 Å². The lowest BCUT2D eigenvalue weighted by molar-refractivity contribution is -0.136. The Morgan fingerprint density at radius 3 is 2.50 bits per heavy atom. The van der Waals surface area contributed by atoms with Crippen LogP contribution < -0.4 is 0 Å². The van der Waals surface area contributed by atoms with Crippen molar-refractivity contribution < 1.29 is 14.6 Å². The van der Waals surface area contributed by atoms with Gasteiger partial charge >= 0.3 is 0 Å². The molecule has 1 fully saturated rings. The van der Waals surface area contributed by atoms with Gasteiger partial charge in [0.2, 0.25) is 5.91 Å². The first kappa shape index (κ1) is 15.0. The summed E-state index contributed by atoms with van der Waals surface area (Å²) in [4.78, 5) is 13.8. The third-order valence-corrected chi connectivity index (χ3v) is 3.86. The second-order valence-corrected chi connectivity index (χ2v) is 5.75. The Bertz CT molecular complexity index is 449. The largest absolute Gasteiger partial charge is 0.388 e. The zero-order chi connectivity index (χ0) is 14.6. The molecule has 1 N–H and O–H groups in total. The van der Waals surface area contributed by atoms with Crippen LogP contribution in [0.3, 0.4) is 0 Å². The first-order valence-corrected chi connectivity index (χ1v) is 7.08. The van der Waals surface area contributed by atoms with E-state index in [0.717, 1.165) is 5.56 Å². The van der Waals surface area contributed by atoms with E-state index in [-0.39, 0.29) is 5.91 Å². The zero-order valence-corrected chi connectivity index (χ0v) is 12.3. The minimum absolute atomic E-state index is 0.0359. The Balaban J connectivity index is 1.89. The number of carbonyl (C=O) groups excluding carboxylic acids is 1. The SMILES string of the molecule is Cc1ccc(CC(=O)N(C)CC2(O)CCOCC2)cc1. The fraction of sp³-hybridized carbons (Fsp3) is 0.562. The summed E-state index contributed by atoms with van der Waals surface area (Å²) in [5, 5.41) is 10.4. The number of ether oxygens (including phenoxy) is 1. The topological polar surface area (TPSA) is 49.8 Å². The lowest BCUT2D eigenvalue weighted by Gasteiger charge is -2.35. The Hall–Kier alpha value is -1.39. The van der Waals surface area contributed by atoms with Gasteiger partial charge in [0.15, 0.2) is 0 Å². The number of benzene rings is 1. The molecule has 2 rings (SSSR count). The quantitative estimate of drug-likeness (QED) is 0.908. The minimum atomic E-state index is -0.796. The van der Waals surface area contributed by atoms with Crippen LogP contribution in [-0.2, 0) is 16.0 Å². The van der Waals surface area contributed by atoms with Crippen molar-refractivity contribution in [2.24, 2.45) is 0 Å². The maximum atomic E-state index is 12.2. The third kappa shape index (κ3) is 4.05. The number of hydrogen-bond donors (Lipinski definition) is 1. The van der Waals surface area contributed by atoms with Gasteiger partial charge < -0.3 is 14.7 Å². The lowest BCUT2D eigenvalue weighted by Crippen LogP contribution is -2.47.